The van der Waals surface area contributed by atoms with Gasteiger partial charge in [-0.05, 0) is 56.0 Å². The van der Waals surface area contributed by atoms with Crippen molar-refractivity contribution in [3.8, 4) is 5.75 Å². The number of hydrogen-bond donors (Lipinski definition) is 0. The number of aromatic nitrogens is 2. The van der Waals surface area contributed by atoms with E-state index in [9.17, 15) is 9.59 Å². The lowest BCUT2D eigenvalue weighted by atomic mass is 9.88. The fourth-order valence-corrected chi connectivity index (χ4v) is 4.08. The number of pyridine rings is 1. The lowest BCUT2D eigenvalue weighted by molar-refractivity contribution is 0.0651. The minimum atomic E-state index is -0.0848. The summed E-state index contributed by atoms with van der Waals surface area (Å²) in [5, 5.41) is 4.68. The molecule has 1 aliphatic heterocycles. The van der Waals surface area contributed by atoms with E-state index in [1.165, 1.54) is 0 Å². The quantitative estimate of drug-likeness (QED) is 0.568. The highest BCUT2D eigenvalue weighted by Gasteiger charge is 2.30. The van der Waals surface area contributed by atoms with Crippen molar-refractivity contribution in [3.05, 3.63) is 52.8 Å². The molecular weight excluding hydrogens is 394 g/mol. The Morgan fingerprint density at radius 2 is 1.84 bits per heavy atom. The third-order valence-corrected chi connectivity index (χ3v) is 5.99. The number of Topliss-reactive ketones (excluding diaryl/α,β-unsaturated/α-hetero) is 1. The molecule has 1 aromatic carbocycles. The van der Waals surface area contributed by atoms with Crippen LogP contribution in [-0.4, -0.2) is 46.9 Å². The van der Waals surface area contributed by atoms with Crippen molar-refractivity contribution in [3.63, 3.8) is 0 Å². The number of nitrogens with zero attached hydrogens (tertiary/aromatic N) is 3. The molecule has 1 saturated heterocycles. The van der Waals surface area contributed by atoms with Crippen molar-refractivity contribution >= 4 is 22.8 Å². The number of ketones is 1. The number of carbonyl (C=O) groups excluding carboxylic acids is 2. The van der Waals surface area contributed by atoms with Crippen molar-refractivity contribution in [1.29, 1.82) is 0 Å². The molecule has 3 heterocycles. The lowest BCUT2D eigenvalue weighted by Gasteiger charge is -2.31. The van der Waals surface area contributed by atoms with Crippen LogP contribution in [0, 0.1) is 12.8 Å². The maximum absolute atomic E-state index is 13.4. The standard InChI is InChI=1S/C24H27N3O4/c1-14(2)20-13-19(21-15(3)26-31-23(21)25-20)24(29)27-11-9-17(10-12-27)22(28)16-5-7-18(30-4)8-6-16/h5-8,13-14,17H,9-12H2,1-4H3. The molecule has 0 N–H and O–H groups in total. The van der Waals surface area contributed by atoms with Crippen molar-refractivity contribution < 1.29 is 18.8 Å². The Morgan fingerprint density at radius 1 is 1.16 bits per heavy atom. The summed E-state index contributed by atoms with van der Waals surface area (Å²) >= 11 is 0. The van der Waals surface area contributed by atoms with E-state index < -0.39 is 0 Å². The van der Waals surface area contributed by atoms with Gasteiger partial charge in [-0.1, -0.05) is 19.0 Å². The van der Waals surface area contributed by atoms with E-state index >= 15 is 0 Å². The first-order valence-corrected chi connectivity index (χ1v) is 10.6. The van der Waals surface area contributed by atoms with E-state index in [1.54, 1.807) is 31.4 Å². The molecule has 1 fully saturated rings. The molecule has 0 unspecified atom stereocenters. The number of benzene rings is 1. The van der Waals surface area contributed by atoms with Crippen LogP contribution in [0.15, 0.2) is 34.9 Å². The molecule has 0 bridgehead atoms. The normalized spacial score (nSPS) is 14.9. The molecular formula is C24H27N3O4. The second kappa shape index (κ2) is 8.49. The number of aryl methyl sites for hydroxylation is 1. The van der Waals surface area contributed by atoms with Gasteiger partial charge in [-0.3, -0.25) is 9.59 Å². The van der Waals surface area contributed by atoms with Gasteiger partial charge in [0.05, 0.1) is 23.8 Å². The number of piperidine rings is 1. The Morgan fingerprint density at radius 3 is 2.45 bits per heavy atom. The minimum Gasteiger partial charge on any atom is -0.497 e. The third-order valence-electron chi connectivity index (χ3n) is 5.99. The third kappa shape index (κ3) is 4.04. The van der Waals surface area contributed by atoms with Gasteiger partial charge in [0.2, 0.25) is 0 Å². The molecule has 162 valence electrons. The highest BCUT2D eigenvalue weighted by Crippen LogP contribution is 2.29. The van der Waals surface area contributed by atoms with Gasteiger partial charge in [-0.25, -0.2) is 4.98 Å². The fourth-order valence-electron chi connectivity index (χ4n) is 4.08. The average Bonchev–Trinajstić information content (AvgIpc) is 3.18. The highest BCUT2D eigenvalue weighted by atomic mass is 16.5. The zero-order valence-electron chi connectivity index (χ0n) is 18.3. The number of amides is 1. The smallest absolute Gasteiger partial charge is 0.259 e. The summed E-state index contributed by atoms with van der Waals surface area (Å²) in [6.45, 7) is 6.95. The number of fused-ring (bicyclic) bond motifs is 1. The summed E-state index contributed by atoms with van der Waals surface area (Å²) in [4.78, 5) is 32.6. The van der Waals surface area contributed by atoms with Crippen molar-refractivity contribution in [2.75, 3.05) is 20.2 Å². The van der Waals surface area contributed by atoms with E-state index in [1.807, 2.05) is 31.7 Å². The predicted molar refractivity (Wildman–Crippen MR) is 117 cm³/mol. The van der Waals surface area contributed by atoms with Crippen LogP contribution in [0.3, 0.4) is 0 Å². The molecule has 0 aliphatic carbocycles. The van der Waals surface area contributed by atoms with Crippen LogP contribution < -0.4 is 4.74 Å². The molecule has 4 rings (SSSR count). The van der Waals surface area contributed by atoms with Gasteiger partial charge in [0.25, 0.3) is 11.6 Å². The predicted octanol–water partition coefficient (Wildman–Crippen LogP) is 4.40. The first-order valence-electron chi connectivity index (χ1n) is 10.6. The van der Waals surface area contributed by atoms with E-state index in [0.29, 0.717) is 53.9 Å². The molecule has 1 amide bonds. The number of methoxy groups -OCH3 is 1. The number of carbonyl (C=O) groups is 2. The SMILES string of the molecule is COc1ccc(C(=O)C2CCN(C(=O)c3cc(C(C)C)nc4onc(C)c34)CC2)cc1. The van der Waals surface area contributed by atoms with Crippen LogP contribution in [0.25, 0.3) is 11.1 Å². The Balaban J connectivity index is 1.50. The maximum atomic E-state index is 13.4. The van der Waals surface area contributed by atoms with Crippen LogP contribution in [0.2, 0.25) is 0 Å². The van der Waals surface area contributed by atoms with Gasteiger partial charge in [0.1, 0.15) is 5.75 Å². The molecule has 3 aromatic rings. The van der Waals surface area contributed by atoms with Gasteiger partial charge >= 0.3 is 0 Å². The average molecular weight is 421 g/mol. The number of likely N-dealkylation sites (tertiary alicyclic amines) is 1. The number of ether oxygens (including phenoxy) is 1. The van der Waals surface area contributed by atoms with Crippen LogP contribution in [0.1, 0.15) is 64.7 Å². The van der Waals surface area contributed by atoms with Gasteiger partial charge in [-0.15, -0.1) is 0 Å². The Bertz CT molecular complexity index is 1110. The maximum Gasteiger partial charge on any atom is 0.259 e. The Labute approximate surface area is 181 Å². The van der Waals surface area contributed by atoms with E-state index in [0.717, 1.165) is 11.4 Å². The molecule has 2 aromatic heterocycles. The topological polar surface area (TPSA) is 85.5 Å². The van der Waals surface area contributed by atoms with Crippen molar-refractivity contribution in [2.45, 2.75) is 39.5 Å². The van der Waals surface area contributed by atoms with Crippen LogP contribution in [0.4, 0.5) is 0 Å². The van der Waals surface area contributed by atoms with Gasteiger partial charge in [0, 0.05) is 30.3 Å². The molecule has 7 nitrogen and oxygen atoms in total. The molecule has 0 spiro atoms. The van der Waals surface area contributed by atoms with Crippen LogP contribution >= 0.6 is 0 Å². The molecule has 7 heteroatoms. The summed E-state index contributed by atoms with van der Waals surface area (Å²) in [5.41, 5.74) is 3.12. The first kappa shape index (κ1) is 21.0. The lowest BCUT2D eigenvalue weighted by Crippen LogP contribution is -2.40. The van der Waals surface area contributed by atoms with Crippen LogP contribution in [0.5, 0.6) is 5.75 Å². The summed E-state index contributed by atoms with van der Waals surface area (Å²) in [6, 6.07) is 9.06. The summed E-state index contributed by atoms with van der Waals surface area (Å²) in [7, 11) is 1.60. The molecule has 1 aliphatic rings. The molecule has 0 saturated carbocycles. The monoisotopic (exact) mass is 421 g/mol. The molecule has 31 heavy (non-hydrogen) atoms. The first-order chi connectivity index (χ1) is 14.9. The van der Waals surface area contributed by atoms with E-state index in [2.05, 4.69) is 10.1 Å². The second-order valence-electron chi connectivity index (χ2n) is 8.36. The van der Waals surface area contributed by atoms with Crippen molar-refractivity contribution in [2.24, 2.45) is 5.92 Å². The van der Waals surface area contributed by atoms with Gasteiger partial charge < -0.3 is 14.2 Å². The summed E-state index contributed by atoms with van der Waals surface area (Å²) in [6.07, 6.45) is 1.29. The highest BCUT2D eigenvalue weighted by molar-refractivity contribution is 6.06. The zero-order valence-corrected chi connectivity index (χ0v) is 18.3. The summed E-state index contributed by atoms with van der Waals surface area (Å²) < 4.78 is 10.5. The molecule has 0 radical (unpaired) electrons. The Hall–Kier alpha value is -3.22. The number of rotatable bonds is 5. The van der Waals surface area contributed by atoms with Crippen molar-refractivity contribution in [1.82, 2.24) is 15.0 Å². The fraction of sp³-hybridized carbons (Fsp3) is 0.417. The summed E-state index contributed by atoms with van der Waals surface area (Å²) in [5.74, 6) is 0.868. The van der Waals surface area contributed by atoms with Gasteiger partial charge in [0.15, 0.2) is 5.78 Å². The number of hydrogen-bond acceptors (Lipinski definition) is 6. The largest absolute Gasteiger partial charge is 0.497 e. The molecule has 0 atom stereocenters. The van der Waals surface area contributed by atoms with E-state index in [-0.39, 0.29) is 23.5 Å². The Kier molecular flexibility index (Phi) is 5.76. The van der Waals surface area contributed by atoms with Crippen LogP contribution in [-0.2, 0) is 0 Å². The van der Waals surface area contributed by atoms with E-state index in [4.69, 9.17) is 9.26 Å². The second-order valence-corrected chi connectivity index (χ2v) is 8.36. The minimum absolute atomic E-state index is 0.0593. The zero-order chi connectivity index (χ0) is 22.1. The van der Waals surface area contributed by atoms with Gasteiger partial charge in [-0.2, -0.15) is 0 Å².